The first kappa shape index (κ1) is 22.8. The van der Waals surface area contributed by atoms with Gasteiger partial charge in [-0.2, -0.15) is 9.78 Å². The van der Waals surface area contributed by atoms with Crippen LogP contribution in [-0.2, 0) is 17.8 Å². The van der Waals surface area contributed by atoms with Crippen LogP contribution in [0.5, 0.6) is 0 Å². The zero-order chi connectivity index (χ0) is 24.5. The van der Waals surface area contributed by atoms with E-state index in [4.69, 9.17) is 14.8 Å². The van der Waals surface area contributed by atoms with Crippen molar-refractivity contribution >= 4 is 16.9 Å². The minimum Gasteiger partial charge on any atom is -0.379 e. The van der Waals surface area contributed by atoms with E-state index in [0.717, 1.165) is 68.0 Å². The Morgan fingerprint density at radius 1 is 1.08 bits per heavy atom. The highest BCUT2D eigenvalue weighted by atomic mass is 16.5. The number of benzene rings is 1. The third-order valence-corrected chi connectivity index (χ3v) is 6.89. The van der Waals surface area contributed by atoms with Crippen molar-refractivity contribution in [2.24, 2.45) is 0 Å². The number of hydrogen-bond acceptors (Lipinski definition) is 6. The largest absolute Gasteiger partial charge is 0.379 e. The number of carbonyl (C=O) groups is 1. The van der Waals surface area contributed by atoms with Crippen LogP contribution in [0.4, 0.5) is 0 Å². The third-order valence-electron chi connectivity index (χ3n) is 6.89. The first-order valence-corrected chi connectivity index (χ1v) is 12.6. The summed E-state index contributed by atoms with van der Waals surface area (Å²) < 4.78 is 7.21. The maximum absolute atomic E-state index is 13.5. The van der Waals surface area contributed by atoms with Crippen molar-refractivity contribution in [2.75, 3.05) is 26.3 Å². The molecule has 4 heterocycles. The fourth-order valence-corrected chi connectivity index (χ4v) is 4.85. The molecule has 8 heteroatoms. The number of fused-ring (bicyclic) bond motifs is 1. The minimum absolute atomic E-state index is 0.105. The van der Waals surface area contributed by atoms with E-state index >= 15 is 0 Å². The fraction of sp³-hybridized carbons (Fsp3) is 0.357. The van der Waals surface area contributed by atoms with Crippen LogP contribution in [0.15, 0.2) is 54.7 Å². The Morgan fingerprint density at radius 2 is 1.92 bits per heavy atom. The molecular formula is C28H30N6O2. The Balaban J connectivity index is 1.26. The lowest BCUT2D eigenvalue weighted by atomic mass is 10.1. The van der Waals surface area contributed by atoms with Crippen LogP contribution in [0.1, 0.15) is 51.6 Å². The number of rotatable bonds is 7. The van der Waals surface area contributed by atoms with Gasteiger partial charge in [0.05, 0.1) is 29.9 Å². The number of ether oxygens (including phenoxy) is 1. The first-order chi connectivity index (χ1) is 17.7. The molecular weight excluding hydrogens is 452 g/mol. The van der Waals surface area contributed by atoms with E-state index in [1.807, 2.05) is 31.2 Å². The van der Waals surface area contributed by atoms with Crippen molar-refractivity contribution in [1.82, 2.24) is 30.0 Å². The molecule has 0 unspecified atom stereocenters. The normalized spacial score (nSPS) is 16.4. The van der Waals surface area contributed by atoms with Gasteiger partial charge in [0.1, 0.15) is 0 Å². The summed E-state index contributed by atoms with van der Waals surface area (Å²) in [5.74, 6) is 0.997. The van der Waals surface area contributed by atoms with Gasteiger partial charge in [-0.1, -0.05) is 30.3 Å². The monoisotopic (exact) mass is 482 g/mol. The molecule has 184 valence electrons. The average molecular weight is 483 g/mol. The molecule has 4 aromatic rings. The van der Waals surface area contributed by atoms with Gasteiger partial charge in [-0.3, -0.25) is 9.69 Å². The van der Waals surface area contributed by atoms with Crippen molar-refractivity contribution in [3.63, 3.8) is 0 Å². The lowest BCUT2D eigenvalue weighted by Crippen LogP contribution is -2.35. The van der Waals surface area contributed by atoms with E-state index < -0.39 is 0 Å². The second-order valence-corrected chi connectivity index (χ2v) is 9.64. The summed E-state index contributed by atoms with van der Waals surface area (Å²) in [5, 5.41) is 8.64. The van der Waals surface area contributed by atoms with Crippen LogP contribution in [0, 0.1) is 6.92 Å². The lowest BCUT2D eigenvalue weighted by Gasteiger charge is -2.26. The molecule has 6 rings (SSSR count). The number of carbonyl (C=O) groups excluding carboxylic acids is 1. The maximum Gasteiger partial charge on any atom is 0.252 e. The molecule has 0 radical (unpaired) electrons. The van der Waals surface area contributed by atoms with E-state index in [1.165, 1.54) is 5.56 Å². The molecule has 2 fully saturated rings. The molecule has 2 aliphatic rings. The standard InChI is InChI=1S/C28H30N6O2/c1-19-26-23(16-24(22-8-9-22)31-27(26)34(32-19)25-7-2-3-10-29-25)28(35)30-17-20-5-4-6-21(15-20)18-33-11-13-36-14-12-33/h2-7,10,15-16,22H,8-9,11-14,17-18H2,1H3,(H,30,35). The molecule has 1 amide bonds. The van der Waals surface area contributed by atoms with Gasteiger partial charge in [0.25, 0.3) is 5.91 Å². The number of pyridine rings is 2. The highest BCUT2D eigenvalue weighted by molar-refractivity contribution is 6.06. The topological polar surface area (TPSA) is 85.2 Å². The van der Waals surface area contributed by atoms with Crippen LogP contribution in [0.3, 0.4) is 0 Å². The SMILES string of the molecule is Cc1nn(-c2ccccn2)c2nc(C3CC3)cc(C(=O)NCc3cccc(CN4CCOCC4)c3)c12. The molecule has 36 heavy (non-hydrogen) atoms. The van der Waals surface area contributed by atoms with Gasteiger partial charge < -0.3 is 10.1 Å². The number of aromatic nitrogens is 4. The lowest BCUT2D eigenvalue weighted by molar-refractivity contribution is 0.0342. The number of amides is 1. The first-order valence-electron chi connectivity index (χ1n) is 12.6. The second-order valence-electron chi connectivity index (χ2n) is 9.64. The van der Waals surface area contributed by atoms with E-state index in [-0.39, 0.29) is 5.91 Å². The van der Waals surface area contributed by atoms with Gasteiger partial charge in [0.15, 0.2) is 11.5 Å². The predicted molar refractivity (Wildman–Crippen MR) is 137 cm³/mol. The third kappa shape index (κ3) is 4.74. The highest BCUT2D eigenvalue weighted by Crippen LogP contribution is 2.40. The Hall–Kier alpha value is -3.62. The number of hydrogen-bond donors (Lipinski definition) is 1. The Labute approximate surface area is 210 Å². The number of nitrogens with zero attached hydrogens (tertiary/aromatic N) is 5. The molecule has 3 aromatic heterocycles. The molecule has 1 aliphatic heterocycles. The average Bonchev–Trinajstić information content (AvgIpc) is 3.71. The zero-order valence-corrected chi connectivity index (χ0v) is 20.5. The summed E-state index contributed by atoms with van der Waals surface area (Å²) in [6.07, 6.45) is 3.95. The van der Waals surface area contributed by atoms with Gasteiger partial charge in [-0.15, -0.1) is 0 Å². The predicted octanol–water partition coefficient (Wildman–Crippen LogP) is 3.76. The van der Waals surface area contributed by atoms with Crippen LogP contribution >= 0.6 is 0 Å². The van der Waals surface area contributed by atoms with Crippen molar-refractivity contribution in [3.8, 4) is 5.82 Å². The van der Waals surface area contributed by atoms with Crippen molar-refractivity contribution < 1.29 is 9.53 Å². The minimum atomic E-state index is -0.105. The van der Waals surface area contributed by atoms with E-state index in [0.29, 0.717) is 29.5 Å². The second kappa shape index (κ2) is 9.79. The Kier molecular flexibility index (Phi) is 6.21. The Bertz CT molecular complexity index is 1390. The van der Waals surface area contributed by atoms with E-state index in [9.17, 15) is 4.79 Å². The quantitative estimate of drug-likeness (QED) is 0.432. The molecule has 1 N–H and O–H groups in total. The van der Waals surface area contributed by atoms with Crippen LogP contribution in [0.2, 0.25) is 0 Å². The van der Waals surface area contributed by atoms with Gasteiger partial charge >= 0.3 is 0 Å². The Morgan fingerprint density at radius 3 is 2.69 bits per heavy atom. The van der Waals surface area contributed by atoms with Crippen LogP contribution in [-0.4, -0.2) is 56.9 Å². The summed E-state index contributed by atoms with van der Waals surface area (Å²) in [7, 11) is 0. The fourth-order valence-electron chi connectivity index (χ4n) is 4.85. The number of morpholine rings is 1. The van der Waals surface area contributed by atoms with Crippen LogP contribution in [0.25, 0.3) is 16.9 Å². The molecule has 1 aliphatic carbocycles. The number of aryl methyl sites for hydroxylation is 1. The van der Waals surface area contributed by atoms with Gasteiger partial charge in [0.2, 0.25) is 0 Å². The molecule has 1 saturated heterocycles. The van der Waals surface area contributed by atoms with Crippen molar-refractivity contribution in [3.05, 3.63) is 82.8 Å². The maximum atomic E-state index is 13.5. The molecule has 0 bridgehead atoms. The molecule has 1 aromatic carbocycles. The zero-order valence-electron chi connectivity index (χ0n) is 20.5. The van der Waals surface area contributed by atoms with E-state index in [2.05, 4.69) is 39.5 Å². The molecule has 0 spiro atoms. The van der Waals surface area contributed by atoms with Crippen LogP contribution < -0.4 is 5.32 Å². The highest BCUT2D eigenvalue weighted by Gasteiger charge is 2.29. The van der Waals surface area contributed by atoms with Gasteiger partial charge in [-0.25, -0.2) is 9.97 Å². The van der Waals surface area contributed by atoms with Crippen molar-refractivity contribution in [1.29, 1.82) is 0 Å². The summed E-state index contributed by atoms with van der Waals surface area (Å²) in [4.78, 5) is 25.3. The number of nitrogens with one attached hydrogen (secondary N) is 1. The van der Waals surface area contributed by atoms with Gasteiger partial charge in [0, 0.05) is 44.0 Å². The molecule has 0 atom stereocenters. The smallest absolute Gasteiger partial charge is 0.252 e. The summed E-state index contributed by atoms with van der Waals surface area (Å²) in [6.45, 7) is 6.76. The summed E-state index contributed by atoms with van der Waals surface area (Å²) >= 11 is 0. The van der Waals surface area contributed by atoms with Gasteiger partial charge in [-0.05, 0) is 49.1 Å². The summed E-state index contributed by atoms with van der Waals surface area (Å²) in [5.41, 5.74) is 5.38. The molecule has 1 saturated carbocycles. The van der Waals surface area contributed by atoms with E-state index in [1.54, 1.807) is 10.9 Å². The molecule has 8 nitrogen and oxygen atoms in total. The summed E-state index contributed by atoms with van der Waals surface area (Å²) in [6, 6.07) is 16.1. The van der Waals surface area contributed by atoms with Crippen molar-refractivity contribution in [2.45, 2.75) is 38.8 Å².